The van der Waals surface area contributed by atoms with E-state index in [9.17, 15) is 14.4 Å². The lowest BCUT2D eigenvalue weighted by atomic mass is 9.49. The van der Waals surface area contributed by atoms with Crippen LogP contribution in [0.3, 0.4) is 0 Å². The monoisotopic (exact) mass is 591 g/mol. The van der Waals surface area contributed by atoms with Gasteiger partial charge >= 0.3 is 0 Å². The molecule has 4 aliphatic carbocycles. The molecule has 8 rings (SSSR count). The third kappa shape index (κ3) is 5.69. The molecule has 2 aliphatic heterocycles. The summed E-state index contributed by atoms with van der Waals surface area (Å²) in [6, 6.07) is 5.04. The van der Waals surface area contributed by atoms with Gasteiger partial charge in [-0.1, -0.05) is 6.07 Å². The number of rotatable bonds is 9. The number of benzene rings is 1. The topological polar surface area (TPSA) is 87.5 Å². The number of fused-ring (bicyclic) bond motifs is 1. The van der Waals surface area contributed by atoms with Crippen LogP contribution >= 0.6 is 11.8 Å². The Kier molecular flexibility index (Phi) is 7.95. The van der Waals surface area contributed by atoms with Crippen LogP contribution in [0.15, 0.2) is 27.9 Å². The summed E-state index contributed by atoms with van der Waals surface area (Å²) in [7, 11) is 0. The average molecular weight is 592 g/mol. The third-order valence-electron chi connectivity index (χ3n) is 11.1. The van der Waals surface area contributed by atoms with Gasteiger partial charge in [-0.3, -0.25) is 24.3 Å². The van der Waals surface area contributed by atoms with Crippen LogP contribution in [0.4, 0.5) is 0 Å². The van der Waals surface area contributed by atoms with Gasteiger partial charge in [-0.05, 0) is 119 Å². The summed E-state index contributed by atoms with van der Waals surface area (Å²) in [5.74, 6) is 3.93. The molecular formula is C33H45N5O3S. The fraction of sp³-hybridized carbons (Fsp3) is 0.697. The predicted molar refractivity (Wildman–Crippen MR) is 166 cm³/mol. The third-order valence-corrected chi connectivity index (χ3v) is 12.2. The first-order valence-electron chi connectivity index (χ1n) is 16.3. The van der Waals surface area contributed by atoms with E-state index in [4.69, 9.17) is 4.98 Å². The first kappa shape index (κ1) is 28.5. The van der Waals surface area contributed by atoms with E-state index in [0.29, 0.717) is 28.6 Å². The van der Waals surface area contributed by atoms with Crippen LogP contribution in [0, 0.1) is 30.1 Å². The Morgan fingerprint density at radius 3 is 2.29 bits per heavy atom. The Labute approximate surface area is 253 Å². The Balaban J connectivity index is 0.890. The van der Waals surface area contributed by atoms with Crippen molar-refractivity contribution in [3.05, 3.63) is 34.4 Å². The highest BCUT2D eigenvalue weighted by atomic mass is 32.2. The lowest BCUT2D eigenvalue weighted by Crippen LogP contribution is -2.50. The second-order valence-electron chi connectivity index (χ2n) is 14.0. The number of hydrogen-bond acceptors (Lipinski definition) is 7. The minimum absolute atomic E-state index is 0.212. The van der Waals surface area contributed by atoms with Gasteiger partial charge in [-0.25, -0.2) is 4.98 Å². The zero-order valence-corrected chi connectivity index (χ0v) is 25.8. The summed E-state index contributed by atoms with van der Waals surface area (Å²) in [6.45, 7) is 8.91. The summed E-state index contributed by atoms with van der Waals surface area (Å²) in [4.78, 5) is 48.6. The maximum atomic E-state index is 13.4. The molecule has 42 heavy (non-hydrogen) atoms. The van der Waals surface area contributed by atoms with Crippen LogP contribution in [-0.2, 0) is 9.59 Å². The van der Waals surface area contributed by atoms with Gasteiger partial charge in [0.15, 0.2) is 0 Å². The molecule has 1 unspecified atom stereocenters. The van der Waals surface area contributed by atoms with Crippen molar-refractivity contribution >= 4 is 34.5 Å². The molecule has 226 valence electrons. The number of carbonyl (C=O) groups is 2. The number of aryl methyl sites for hydroxylation is 1. The minimum atomic E-state index is -0.694. The van der Waals surface area contributed by atoms with Crippen LogP contribution in [0.25, 0.3) is 10.9 Å². The van der Waals surface area contributed by atoms with Crippen molar-refractivity contribution in [1.29, 1.82) is 0 Å². The molecule has 2 saturated heterocycles. The number of nitrogens with zero attached hydrogens (tertiary/aromatic N) is 4. The maximum absolute atomic E-state index is 13.4. The van der Waals surface area contributed by atoms with Gasteiger partial charge in [0, 0.05) is 37.5 Å². The Bertz CT molecular complexity index is 1380. The highest BCUT2D eigenvalue weighted by Gasteiger charge is 2.50. The highest BCUT2D eigenvalue weighted by molar-refractivity contribution is 7.99. The molecule has 6 aliphatic rings. The quantitative estimate of drug-likeness (QED) is 0.263. The second kappa shape index (κ2) is 11.7. The lowest BCUT2D eigenvalue weighted by Gasteiger charge is -2.57. The van der Waals surface area contributed by atoms with E-state index in [1.807, 2.05) is 12.1 Å². The number of piperidine rings is 1. The van der Waals surface area contributed by atoms with Crippen LogP contribution < -0.4 is 10.9 Å². The zero-order valence-electron chi connectivity index (χ0n) is 25.0. The van der Waals surface area contributed by atoms with Gasteiger partial charge in [0.1, 0.15) is 11.9 Å². The van der Waals surface area contributed by atoms with E-state index in [1.165, 1.54) is 82.2 Å². The van der Waals surface area contributed by atoms with Crippen molar-refractivity contribution in [3.63, 3.8) is 0 Å². The lowest BCUT2D eigenvalue weighted by molar-refractivity contribution is -0.135. The number of thioether (sulfide) groups is 1. The second-order valence-corrected chi connectivity index (χ2v) is 15.1. The Morgan fingerprint density at radius 1 is 0.952 bits per heavy atom. The molecule has 4 saturated carbocycles. The molecule has 1 N–H and O–H groups in total. The van der Waals surface area contributed by atoms with Crippen molar-refractivity contribution in [2.24, 2.45) is 23.2 Å². The van der Waals surface area contributed by atoms with E-state index < -0.39 is 11.9 Å². The molecule has 4 bridgehead atoms. The summed E-state index contributed by atoms with van der Waals surface area (Å²) >= 11 is 1.76. The zero-order chi connectivity index (χ0) is 28.8. The summed E-state index contributed by atoms with van der Waals surface area (Å²) in [6.07, 6.45) is 12.3. The van der Waals surface area contributed by atoms with Crippen LogP contribution in [0.1, 0.15) is 76.1 Å². The fourth-order valence-electron chi connectivity index (χ4n) is 9.41. The molecule has 8 nitrogen and oxygen atoms in total. The number of aromatic nitrogens is 2. The molecule has 1 aromatic carbocycles. The maximum Gasteiger partial charge on any atom is 0.262 e. The number of piperazine rings is 1. The first-order chi connectivity index (χ1) is 20.4. The molecule has 6 fully saturated rings. The van der Waals surface area contributed by atoms with Crippen molar-refractivity contribution in [2.45, 2.75) is 82.1 Å². The van der Waals surface area contributed by atoms with E-state index in [0.717, 1.165) is 41.4 Å². The molecule has 9 heteroatoms. The Morgan fingerprint density at radius 2 is 1.62 bits per heavy atom. The standard InChI is InChI=1S/C33H45N5O3S/c1-22-34-30-26(32(41)38(22)27-6-7-29(39)35-31(27)40)4-2-5-28(30)42-15-3-9-36-11-13-37(14-12-36)10-8-33-19-23-16-24(20-33)18-25(17-23)21-33/h2,4-5,23-25,27H,3,6-21H2,1H3,(H,35,39,40). The molecule has 3 heterocycles. The molecule has 1 atom stereocenters. The van der Waals surface area contributed by atoms with Crippen molar-refractivity contribution in [1.82, 2.24) is 24.7 Å². The number of hydrogen-bond donors (Lipinski definition) is 1. The highest BCUT2D eigenvalue weighted by Crippen LogP contribution is 2.61. The van der Waals surface area contributed by atoms with Crippen LogP contribution in [-0.4, -0.2) is 76.2 Å². The van der Waals surface area contributed by atoms with Gasteiger partial charge in [-0.15, -0.1) is 11.8 Å². The summed E-state index contributed by atoms with van der Waals surface area (Å²) in [5.41, 5.74) is 1.19. The smallest absolute Gasteiger partial charge is 0.262 e. The van der Waals surface area contributed by atoms with Gasteiger partial charge < -0.3 is 9.80 Å². The number of imide groups is 1. The van der Waals surface area contributed by atoms with E-state index in [-0.39, 0.29) is 17.9 Å². The normalized spacial score (nSPS) is 31.6. The summed E-state index contributed by atoms with van der Waals surface area (Å²) < 4.78 is 1.46. The number of nitrogens with one attached hydrogen (secondary N) is 1. The van der Waals surface area contributed by atoms with Gasteiger partial charge in [0.25, 0.3) is 5.56 Å². The van der Waals surface area contributed by atoms with Gasteiger partial charge in [0.2, 0.25) is 11.8 Å². The van der Waals surface area contributed by atoms with Crippen molar-refractivity contribution < 1.29 is 9.59 Å². The van der Waals surface area contributed by atoms with Crippen LogP contribution in [0.2, 0.25) is 0 Å². The SMILES string of the molecule is Cc1nc2c(SCCCN3CCN(CCC45CC6CC(CC(C6)C4)C5)CC3)cccc2c(=O)n1C1CCC(=O)NC1=O. The van der Waals surface area contributed by atoms with Gasteiger partial charge in [-0.2, -0.15) is 0 Å². The van der Waals surface area contributed by atoms with E-state index in [2.05, 4.69) is 15.1 Å². The first-order valence-corrected chi connectivity index (χ1v) is 17.3. The van der Waals surface area contributed by atoms with Gasteiger partial charge in [0.05, 0.1) is 10.9 Å². The molecule has 2 aromatic rings. The van der Waals surface area contributed by atoms with Crippen molar-refractivity contribution in [2.75, 3.05) is 45.0 Å². The molecule has 2 amide bonds. The predicted octanol–water partition coefficient (Wildman–Crippen LogP) is 4.39. The van der Waals surface area contributed by atoms with E-state index >= 15 is 0 Å². The Hall–Kier alpha value is -2.23. The van der Waals surface area contributed by atoms with Crippen LogP contribution in [0.5, 0.6) is 0 Å². The molecule has 0 spiro atoms. The molecule has 0 radical (unpaired) electrons. The molecular weight excluding hydrogens is 546 g/mol. The summed E-state index contributed by atoms with van der Waals surface area (Å²) in [5, 5.41) is 2.89. The van der Waals surface area contributed by atoms with Crippen molar-refractivity contribution in [3.8, 4) is 0 Å². The number of amides is 2. The largest absolute Gasteiger partial charge is 0.301 e. The number of para-hydroxylation sites is 1. The minimum Gasteiger partial charge on any atom is -0.301 e. The van der Waals surface area contributed by atoms with E-state index in [1.54, 1.807) is 24.8 Å². The average Bonchev–Trinajstić information content (AvgIpc) is 2.95. The number of carbonyl (C=O) groups excluding carboxylic acids is 2. The fourth-order valence-corrected chi connectivity index (χ4v) is 10.4. The molecule has 1 aromatic heterocycles.